The average molecular weight is 464 g/mol. The fourth-order valence-electron chi connectivity index (χ4n) is 3.06. The zero-order valence-corrected chi connectivity index (χ0v) is 19.8. The lowest BCUT2D eigenvalue weighted by molar-refractivity contribution is 0.0524. The Hall–Kier alpha value is -2.98. The lowest BCUT2D eigenvalue weighted by Gasteiger charge is -2.20. The van der Waals surface area contributed by atoms with E-state index in [0.717, 1.165) is 0 Å². The molecule has 0 aliphatic carbocycles. The topological polar surface area (TPSA) is 115 Å². The van der Waals surface area contributed by atoms with Crippen LogP contribution in [0.25, 0.3) is 0 Å². The van der Waals surface area contributed by atoms with E-state index in [1.54, 1.807) is 34.6 Å². The van der Waals surface area contributed by atoms with Gasteiger partial charge in [0.2, 0.25) is 10.0 Å². The summed E-state index contributed by atoms with van der Waals surface area (Å²) in [6.07, 6.45) is 0. The van der Waals surface area contributed by atoms with Crippen molar-refractivity contribution >= 4 is 27.6 Å². The van der Waals surface area contributed by atoms with Gasteiger partial charge in [-0.25, -0.2) is 18.2 Å². The molecule has 0 aliphatic rings. The first kappa shape index (κ1) is 25.3. The van der Waals surface area contributed by atoms with Gasteiger partial charge in [-0.05, 0) is 51.1 Å². The maximum absolute atomic E-state index is 12.9. The van der Waals surface area contributed by atoms with Gasteiger partial charge in [-0.15, -0.1) is 0 Å². The zero-order chi connectivity index (χ0) is 23.9. The van der Waals surface area contributed by atoms with Crippen molar-refractivity contribution in [2.24, 2.45) is 0 Å². The van der Waals surface area contributed by atoms with Gasteiger partial charge in [0.05, 0.1) is 35.1 Å². The van der Waals surface area contributed by atoms with Crippen LogP contribution in [0.4, 0.5) is 5.69 Å². The quantitative estimate of drug-likeness (QED) is 0.538. The third-order valence-corrected chi connectivity index (χ3v) is 6.70. The Morgan fingerprint density at radius 1 is 1.03 bits per heavy atom. The van der Waals surface area contributed by atoms with Gasteiger partial charge in [-0.1, -0.05) is 13.8 Å². The molecular weight excluding hydrogens is 434 g/mol. The number of carbonyl (C=O) groups excluding carboxylic acids is 2. The Morgan fingerprint density at radius 2 is 1.72 bits per heavy atom. The van der Waals surface area contributed by atoms with E-state index in [1.165, 1.54) is 34.6 Å². The van der Waals surface area contributed by atoms with E-state index in [-0.39, 0.29) is 28.4 Å². The van der Waals surface area contributed by atoms with Crippen molar-refractivity contribution in [2.75, 3.05) is 31.6 Å². The SMILES string of the molecule is CCOC(=O)c1ccc(C(=O)Nc2cc(S(=O)(=O)N(CC)CC)ccc2OCC)nc1C. The van der Waals surface area contributed by atoms with Crippen LogP contribution in [0.2, 0.25) is 0 Å². The molecule has 1 aromatic heterocycles. The third kappa shape index (κ3) is 5.63. The molecule has 2 rings (SSSR count). The minimum Gasteiger partial charge on any atom is -0.492 e. The van der Waals surface area contributed by atoms with Gasteiger partial charge in [-0.3, -0.25) is 4.79 Å². The molecule has 1 N–H and O–H groups in total. The number of hydrogen-bond donors (Lipinski definition) is 1. The van der Waals surface area contributed by atoms with Gasteiger partial charge in [0.1, 0.15) is 11.4 Å². The number of ether oxygens (including phenoxy) is 2. The first-order chi connectivity index (χ1) is 15.2. The molecule has 0 unspecified atom stereocenters. The van der Waals surface area contributed by atoms with Crippen molar-refractivity contribution in [1.29, 1.82) is 0 Å². The summed E-state index contributed by atoms with van der Waals surface area (Å²) in [6.45, 7) is 9.81. The van der Waals surface area contributed by atoms with Crippen LogP contribution in [-0.2, 0) is 14.8 Å². The second kappa shape index (κ2) is 11.1. The average Bonchev–Trinajstić information content (AvgIpc) is 2.75. The highest BCUT2D eigenvalue weighted by molar-refractivity contribution is 7.89. The number of aryl methyl sites for hydroxylation is 1. The van der Waals surface area contributed by atoms with E-state index in [2.05, 4.69) is 10.3 Å². The fourth-order valence-corrected chi connectivity index (χ4v) is 4.54. The van der Waals surface area contributed by atoms with Crippen LogP contribution in [0.15, 0.2) is 35.2 Å². The van der Waals surface area contributed by atoms with Crippen molar-refractivity contribution in [2.45, 2.75) is 39.5 Å². The minimum absolute atomic E-state index is 0.0433. The lowest BCUT2D eigenvalue weighted by Crippen LogP contribution is -2.30. The van der Waals surface area contributed by atoms with E-state index in [9.17, 15) is 18.0 Å². The van der Waals surface area contributed by atoms with Crippen LogP contribution in [0.3, 0.4) is 0 Å². The normalized spacial score (nSPS) is 11.3. The van der Waals surface area contributed by atoms with E-state index in [0.29, 0.717) is 31.1 Å². The highest BCUT2D eigenvalue weighted by Crippen LogP contribution is 2.29. The Balaban J connectivity index is 2.39. The van der Waals surface area contributed by atoms with Crippen LogP contribution in [0.5, 0.6) is 5.75 Å². The Labute approximate surface area is 188 Å². The van der Waals surface area contributed by atoms with Crippen LogP contribution in [0.1, 0.15) is 54.2 Å². The maximum Gasteiger partial charge on any atom is 0.339 e. The molecule has 9 nitrogen and oxygen atoms in total. The van der Waals surface area contributed by atoms with Crippen molar-refractivity contribution < 1.29 is 27.5 Å². The summed E-state index contributed by atoms with van der Waals surface area (Å²) in [4.78, 5) is 29.0. The maximum atomic E-state index is 12.9. The number of nitrogens with zero attached hydrogens (tertiary/aromatic N) is 2. The van der Waals surface area contributed by atoms with Crippen molar-refractivity contribution in [3.8, 4) is 5.75 Å². The molecule has 0 fully saturated rings. The minimum atomic E-state index is -3.72. The summed E-state index contributed by atoms with van der Waals surface area (Å²) in [5.41, 5.74) is 0.888. The first-order valence-corrected chi connectivity index (χ1v) is 11.9. The van der Waals surface area contributed by atoms with E-state index < -0.39 is 21.9 Å². The molecule has 174 valence electrons. The van der Waals surface area contributed by atoms with Gasteiger partial charge in [0.15, 0.2) is 0 Å². The number of pyridine rings is 1. The number of anilines is 1. The number of amides is 1. The Morgan fingerprint density at radius 3 is 2.28 bits per heavy atom. The summed E-state index contributed by atoms with van der Waals surface area (Å²) in [6, 6.07) is 7.21. The number of hydrogen-bond acceptors (Lipinski definition) is 7. The second-order valence-electron chi connectivity index (χ2n) is 6.68. The van der Waals surface area contributed by atoms with Gasteiger partial charge < -0.3 is 14.8 Å². The number of carbonyl (C=O) groups is 2. The molecule has 1 amide bonds. The zero-order valence-electron chi connectivity index (χ0n) is 19.0. The predicted octanol–water partition coefficient (Wildman–Crippen LogP) is 3.25. The Bertz CT molecular complexity index is 1080. The van der Waals surface area contributed by atoms with E-state index in [4.69, 9.17) is 9.47 Å². The number of benzene rings is 1. The number of sulfonamides is 1. The molecule has 0 bridgehead atoms. The smallest absolute Gasteiger partial charge is 0.339 e. The molecule has 0 saturated carbocycles. The predicted molar refractivity (Wildman–Crippen MR) is 121 cm³/mol. The molecule has 1 heterocycles. The lowest BCUT2D eigenvalue weighted by atomic mass is 10.2. The standard InChI is InChI=1S/C22H29N3O6S/c1-6-25(7-2)32(28,29)16-10-13-20(30-8-3)19(14-16)24-21(26)18-12-11-17(15(5)23-18)22(27)31-9-4/h10-14H,6-9H2,1-5H3,(H,24,26). The van der Waals surface area contributed by atoms with Crippen molar-refractivity contribution in [3.63, 3.8) is 0 Å². The van der Waals surface area contributed by atoms with Crippen molar-refractivity contribution in [3.05, 3.63) is 47.3 Å². The van der Waals surface area contributed by atoms with Crippen LogP contribution in [0, 0.1) is 6.92 Å². The summed E-state index contributed by atoms with van der Waals surface area (Å²) < 4.78 is 37.6. The number of nitrogens with one attached hydrogen (secondary N) is 1. The molecule has 2 aromatic rings. The molecule has 0 atom stereocenters. The van der Waals surface area contributed by atoms with Crippen molar-refractivity contribution in [1.82, 2.24) is 9.29 Å². The van der Waals surface area contributed by atoms with Gasteiger partial charge >= 0.3 is 5.97 Å². The van der Waals surface area contributed by atoms with Gasteiger partial charge in [0, 0.05) is 13.1 Å². The summed E-state index contributed by atoms with van der Waals surface area (Å²) in [5, 5.41) is 2.67. The number of aromatic nitrogens is 1. The van der Waals surface area contributed by atoms with Gasteiger partial charge in [-0.2, -0.15) is 4.31 Å². The molecular formula is C22H29N3O6S. The highest BCUT2D eigenvalue weighted by Gasteiger charge is 2.24. The molecule has 0 spiro atoms. The van der Waals surface area contributed by atoms with Crippen LogP contribution < -0.4 is 10.1 Å². The van der Waals surface area contributed by atoms with Gasteiger partial charge in [0.25, 0.3) is 5.91 Å². The fraction of sp³-hybridized carbons (Fsp3) is 0.409. The van der Waals surface area contributed by atoms with E-state index in [1.807, 2.05) is 0 Å². The van der Waals surface area contributed by atoms with Crippen LogP contribution >= 0.6 is 0 Å². The number of esters is 1. The Kier molecular flexibility index (Phi) is 8.73. The third-order valence-electron chi connectivity index (χ3n) is 4.66. The van der Waals surface area contributed by atoms with E-state index >= 15 is 0 Å². The molecule has 32 heavy (non-hydrogen) atoms. The summed E-state index contributed by atoms with van der Waals surface area (Å²) >= 11 is 0. The largest absolute Gasteiger partial charge is 0.492 e. The highest BCUT2D eigenvalue weighted by atomic mass is 32.2. The molecule has 10 heteroatoms. The molecule has 0 saturated heterocycles. The summed E-state index contributed by atoms with van der Waals surface area (Å²) in [5.74, 6) is -0.751. The van der Waals surface area contributed by atoms with Crippen LogP contribution in [-0.4, -0.2) is 55.9 Å². The first-order valence-electron chi connectivity index (χ1n) is 10.4. The number of rotatable bonds is 10. The molecule has 0 radical (unpaired) electrons. The second-order valence-corrected chi connectivity index (χ2v) is 8.62. The molecule has 0 aliphatic heterocycles. The molecule has 1 aromatic carbocycles. The monoisotopic (exact) mass is 463 g/mol. The summed E-state index contributed by atoms with van der Waals surface area (Å²) in [7, 11) is -3.72.